The molecule has 0 radical (unpaired) electrons. The number of amides is 2. The predicted molar refractivity (Wildman–Crippen MR) is 84.2 cm³/mol. The summed E-state index contributed by atoms with van der Waals surface area (Å²) in [6, 6.07) is 11.3. The number of carbonyl (C=O) groups is 1. The number of carbonyl (C=O) groups excluding carboxylic acids is 1. The van der Waals surface area contributed by atoms with Gasteiger partial charge in [-0.2, -0.15) is 5.10 Å². The molecule has 2 aromatic carbocycles. The van der Waals surface area contributed by atoms with E-state index in [9.17, 15) is 9.90 Å². The number of hydrogen-bond donors (Lipinski definition) is 3. The molecule has 0 spiro atoms. The lowest BCUT2D eigenvalue weighted by atomic mass is 10.2. The van der Waals surface area contributed by atoms with E-state index >= 15 is 0 Å². The second kappa shape index (κ2) is 7.33. The van der Waals surface area contributed by atoms with Crippen LogP contribution in [0.3, 0.4) is 0 Å². The number of primary amides is 1. The molecule has 0 saturated carbocycles. The predicted octanol–water partition coefficient (Wildman–Crippen LogP) is 2.63. The van der Waals surface area contributed by atoms with Gasteiger partial charge in [-0.15, -0.1) is 0 Å². The fourth-order valence-corrected chi connectivity index (χ4v) is 1.85. The Bertz CT molecular complexity index is 704. The number of nitrogens with one attached hydrogen (secondary N) is 1. The van der Waals surface area contributed by atoms with Gasteiger partial charge in [-0.25, -0.2) is 10.2 Å². The lowest BCUT2D eigenvalue weighted by Crippen LogP contribution is -2.24. The molecule has 0 aromatic heterocycles. The molecule has 0 aliphatic carbocycles. The molecule has 6 nitrogen and oxygen atoms in total. The van der Waals surface area contributed by atoms with Crippen molar-refractivity contribution in [2.75, 3.05) is 0 Å². The standard InChI is InChI=1S/C15H14ClN3O3/c16-13-4-2-1-3-11(13)9-22-12-6-5-10(14(20)7-12)8-18-19-15(17)21/h1-8,20H,9H2,(H3,17,19,21). The highest BCUT2D eigenvalue weighted by atomic mass is 35.5. The third-order valence-corrected chi connectivity index (χ3v) is 3.10. The fourth-order valence-electron chi connectivity index (χ4n) is 1.66. The van der Waals surface area contributed by atoms with Crippen LogP contribution in [0.5, 0.6) is 11.5 Å². The van der Waals surface area contributed by atoms with E-state index in [2.05, 4.69) is 5.10 Å². The number of aromatic hydroxyl groups is 1. The summed E-state index contributed by atoms with van der Waals surface area (Å²) in [5.74, 6) is 0.448. The monoisotopic (exact) mass is 319 g/mol. The van der Waals surface area contributed by atoms with Crippen molar-refractivity contribution in [2.45, 2.75) is 6.61 Å². The van der Waals surface area contributed by atoms with Crippen LogP contribution in [0.25, 0.3) is 0 Å². The molecule has 2 rings (SSSR count). The minimum atomic E-state index is -0.782. The Morgan fingerprint density at radius 2 is 2.14 bits per heavy atom. The van der Waals surface area contributed by atoms with Gasteiger partial charge in [0, 0.05) is 22.2 Å². The van der Waals surface area contributed by atoms with Crippen LogP contribution in [0.4, 0.5) is 4.79 Å². The first-order valence-corrected chi connectivity index (χ1v) is 6.72. The van der Waals surface area contributed by atoms with E-state index in [1.807, 2.05) is 23.6 Å². The number of ether oxygens (including phenoxy) is 1. The van der Waals surface area contributed by atoms with E-state index < -0.39 is 6.03 Å². The van der Waals surface area contributed by atoms with Gasteiger partial charge in [0.1, 0.15) is 18.1 Å². The highest BCUT2D eigenvalue weighted by Gasteiger charge is 2.04. The van der Waals surface area contributed by atoms with Crippen LogP contribution in [0, 0.1) is 0 Å². The molecule has 0 unspecified atom stereocenters. The van der Waals surface area contributed by atoms with Gasteiger partial charge in [-0.05, 0) is 18.2 Å². The molecular formula is C15H14ClN3O3. The maximum absolute atomic E-state index is 10.5. The Kier molecular flexibility index (Phi) is 5.21. The molecule has 0 fully saturated rings. The molecular weight excluding hydrogens is 306 g/mol. The van der Waals surface area contributed by atoms with Gasteiger partial charge < -0.3 is 15.6 Å². The van der Waals surface area contributed by atoms with Gasteiger partial charge in [-0.3, -0.25) is 0 Å². The van der Waals surface area contributed by atoms with Crippen molar-refractivity contribution in [1.29, 1.82) is 0 Å². The third-order valence-electron chi connectivity index (χ3n) is 2.73. The SMILES string of the molecule is NC(=O)NN=Cc1ccc(OCc2ccccc2Cl)cc1O. The van der Waals surface area contributed by atoms with Gasteiger partial charge in [0.15, 0.2) is 0 Å². The van der Waals surface area contributed by atoms with Crippen molar-refractivity contribution in [3.8, 4) is 11.5 Å². The number of hydrogen-bond acceptors (Lipinski definition) is 4. The molecule has 2 aromatic rings. The van der Waals surface area contributed by atoms with Crippen LogP contribution in [-0.2, 0) is 6.61 Å². The number of rotatable bonds is 5. The van der Waals surface area contributed by atoms with E-state index in [-0.39, 0.29) is 12.4 Å². The van der Waals surface area contributed by atoms with Crippen LogP contribution >= 0.6 is 11.6 Å². The highest BCUT2D eigenvalue weighted by molar-refractivity contribution is 6.31. The summed E-state index contributed by atoms with van der Waals surface area (Å²) in [7, 11) is 0. The Balaban J connectivity index is 2.02. The van der Waals surface area contributed by atoms with Crippen LogP contribution in [-0.4, -0.2) is 17.4 Å². The van der Waals surface area contributed by atoms with Gasteiger partial charge in [0.25, 0.3) is 0 Å². The zero-order valence-electron chi connectivity index (χ0n) is 11.5. The van der Waals surface area contributed by atoms with Gasteiger partial charge in [-0.1, -0.05) is 29.8 Å². The number of benzene rings is 2. The summed E-state index contributed by atoms with van der Waals surface area (Å²) in [6.45, 7) is 0.287. The topological polar surface area (TPSA) is 96.9 Å². The van der Waals surface area contributed by atoms with Gasteiger partial charge in [0.2, 0.25) is 0 Å². The number of nitrogens with zero attached hydrogens (tertiary/aromatic N) is 1. The van der Waals surface area contributed by atoms with Crippen molar-refractivity contribution in [3.05, 3.63) is 58.6 Å². The maximum Gasteiger partial charge on any atom is 0.332 e. The van der Waals surface area contributed by atoms with Crippen molar-refractivity contribution in [1.82, 2.24) is 5.43 Å². The van der Waals surface area contributed by atoms with Crippen LogP contribution < -0.4 is 15.9 Å². The fraction of sp³-hybridized carbons (Fsp3) is 0.0667. The van der Waals surface area contributed by atoms with Crippen molar-refractivity contribution in [2.24, 2.45) is 10.8 Å². The first-order valence-electron chi connectivity index (χ1n) is 6.34. The largest absolute Gasteiger partial charge is 0.507 e. The van der Waals surface area contributed by atoms with E-state index in [0.717, 1.165) is 5.56 Å². The lowest BCUT2D eigenvalue weighted by molar-refractivity contribution is 0.249. The summed E-state index contributed by atoms with van der Waals surface area (Å²) >= 11 is 6.04. The van der Waals surface area contributed by atoms with E-state index in [0.29, 0.717) is 16.3 Å². The Labute approximate surface area is 132 Å². The molecule has 22 heavy (non-hydrogen) atoms. The number of hydrazone groups is 1. The first-order chi connectivity index (χ1) is 10.6. The number of nitrogens with two attached hydrogens (primary N) is 1. The van der Waals surface area contributed by atoms with Crippen molar-refractivity contribution in [3.63, 3.8) is 0 Å². The molecule has 0 heterocycles. The first kappa shape index (κ1) is 15.7. The van der Waals surface area contributed by atoms with E-state index in [1.165, 1.54) is 12.3 Å². The normalized spacial score (nSPS) is 10.6. The van der Waals surface area contributed by atoms with Gasteiger partial charge >= 0.3 is 6.03 Å². The number of phenols is 1. The summed E-state index contributed by atoms with van der Waals surface area (Å²) < 4.78 is 5.57. The molecule has 0 aliphatic rings. The summed E-state index contributed by atoms with van der Waals surface area (Å²) in [6.07, 6.45) is 1.28. The van der Waals surface area contributed by atoms with Crippen molar-refractivity contribution >= 4 is 23.8 Å². The zero-order chi connectivity index (χ0) is 15.9. The molecule has 7 heteroatoms. The van der Waals surface area contributed by atoms with E-state index in [1.54, 1.807) is 18.2 Å². The molecule has 2 amide bonds. The number of phenolic OH excluding ortho intramolecular Hbond substituents is 1. The third kappa shape index (κ3) is 4.39. The Morgan fingerprint density at radius 3 is 2.82 bits per heavy atom. The molecule has 0 bridgehead atoms. The van der Waals surface area contributed by atoms with Crippen LogP contribution in [0.1, 0.15) is 11.1 Å². The highest BCUT2D eigenvalue weighted by Crippen LogP contribution is 2.24. The molecule has 114 valence electrons. The van der Waals surface area contributed by atoms with E-state index in [4.69, 9.17) is 22.1 Å². The molecule has 4 N–H and O–H groups in total. The average Bonchev–Trinajstić information content (AvgIpc) is 2.48. The number of halogens is 1. The summed E-state index contributed by atoms with van der Waals surface area (Å²) in [5.41, 5.74) is 8.17. The Morgan fingerprint density at radius 1 is 1.36 bits per heavy atom. The number of urea groups is 1. The summed E-state index contributed by atoms with van der Waals surface area (Å²) in [5, 5.41) is 14.1. The summed E-state index contributed by atoms with van der Waals surface area (Å²) in [4.78, 5) is 10.5. The Hall–Kier alpha value is -2.73. The molecule has 0 aliphatic heterocycles. The zero-order valence-corrected chi connectivity index (χ0v) is 12.2. The molecule has 0 saturated heterocycles. The van der Waals surface area contributed by atoms with Crippen LogP contribution in [0.15, 0.2) is 47.6 Å². The maximum atomic E-state index is 10.5. The smallest absolute Gasteiger partial charge is 0.332 e. The quantitative estimate of drug-likeness (QED) is 0.583. The minimum Gasteiger partial charge on any atom is -0.507 e. The second-order valence-corrected chi connectivity index (χ2v) is 4.74. The molecule has 0 atom stereocenters. The minimum absolute atomic E-state index is 0.0355. The second-order valence-electron chi connectivity index (χ2n) is 4.33. The average molecular weight is 320 g/mol. The van der Waals surface area contributed by atoms with Gasteiger partial charge in [0.05, 0.1) is 6.21 Å². The van der Waals surface area contributed by atoms with Crippen molar-refractivity contribution < 1.29 is 14.6 Å². The van der Waals surface area contributed by atoms with Crippen LogP contribution in [0.2, 0.25) is 5.02 Å². The lowest BCUT2D eigenvalue weighted by Gasteiger charge is -2.09.